The monoisotopic (exact) mass is 364 g/mol. The van der Waals surface area contributed by atoms with Crippen molar-refractivity contribution in [3.05, 3.63) is 24.3 Å². The van der Waals surface area contributed by atoms with Crippen LogP contribution in [0.4, 0.5) is 0 Å². The van der Waals surface area contributed by atoms with Crippen LogP contribution in [0.25, 0.3) is 0 Å². The minimum Gasteiger partial charge on any atom is -0.462 e. The van der Waals surface area contributed by atoms with Crippen molar-refractivity contribution < 1.29 is 19.7 Å². The van der Waals surface area contributed by atoms with E-state index in [1.54, 1.807) is 12.2 Å². The summed E-state index contributed by atoms with van der Waals surface area (Å²) in [7, 11) is 0. The predicted molar refractivity (Wildman–Crippen MR) is 104 cm³/mol. The van der Waals surface area contributed by atoms with Crippen LogP contribution in [0, 0.1) is 11.8 Å². The van der Waals surface area contributed by atoms with Gasteiger partial charge < -0.3 is 14.9 Å². The first-order valence-corrected chi connectivity index (χ1v) is 10.5. The van der Waals surface area contributed by atoms with E-state index in [-0.39, 0.29) is 23.9 Å². The number of hydrogen-bond acceptors (Lipinski definition) is 4. The van der Waals surface area contributed by atoms with Gasteiger partial charge in [-0.05, 0) is 50.9 Å². The highest BCUT2D eigenvalue weighted by molar-refractivity contribution is 5.69. The maximum Gasteiger partial charge on any atom is 0.306 e. The van der Waals surface area contributed by atoms with E-state index in [9.17, 15) is 15.0 Å². The fourth-order valence-electron chi connectivity index (χ4n) is 3.76. The van der Waals surface area contributed by atoms with Gasteiger partial charge in [-0.2, -0.15) is 0 Å². The highest BCUT2D eigenvalue weighted by atomic mass is 16.5. The van der Waals surface area contributed by atoms with E-state index in [0.717, 1.165) is 38.5 Å². The van der Waals surface area contributed by atoms with Gasteiger partial charge in [0.05, 0.1) is 12.2 Å². The van der Waals surface area contributed by atoms with Crippen LogP contribution >= 0.6 is 0 Å². The lowest BCUT2D eigenvalue weighted by Gasteiger charge is -2.21. The zero-order valence-corrected chi connectivity index (χ0v) is 16.2. The number of aliphatic hydroxyl groups is 2. The van der Waals surface area contributed by atoms with Gasteiger partial charge in [0.15, 0.2) is 0 Å². The topological polar surface area (TPSA) is 66.8 Å². The van der Waals surface area contributed by atoms with Crippen molar-refractivity contribution in [2.75, 3.05) is 0 Å². The molecule has 0 bridgehead atoms. The van der Waals surface area contributed by atoms with Gasteiger partial charge in [-0.25, -0.2) is 0 Å². The molecule has 2 rings (SSSR count). The first kappa shape index (κ1) is 21.2. The number of ether oxygens (including phenoxy) is 1. The Bertz CT molecular complexity index is 471. The molecule has 1 heterocycles. The zero-order chi connectivity index (χ0) is 18.8. The Morgan fingerprint density at radius 1 is 1.15 bits per heavy atom. The summed E-state index contributed by atoms with van der Waals surface area (Å²) in [6.45, 7) is 2.19. The van der Waals surface area contributed by atoms with Gasteiger partial charge in [-0.15, -0.1) is 0 Å². The van der Waals surface area contributed by atoms with Crippen molar-refractivity contribution in [1.29, 1.82) is 0 Å². The summed E-state index contributed by atoms with van der Waals surface area (Å²) in [5, 5.41) is 20.3. The Kier molecular flexibility index (Phi) is 9.41. The second-order valence-corrected chi connectivity index (χ2v) is 7.84. The van der Waals surface area contributed by atoms with Crippen molar-refractivity contribution in [1.82, 2.24) is 0 Å². The molecule has 0 unspecified atom stereocenters. The summed E-state index contributed by atoms with van der Waals surface area (Å²) in [4.78, 5) is 11.7. The molecule has 2 N–H and O–H groups in total. The molecule has 1 saturated carbocycles. The summed E-state index contributed by atoms with van der Waals surface area (Å²) in [5.74, 6) is 0.332. The second kappa shape index (κ2) is 11.6. The van der Waals surface area contributed by atoms with Gasteiger partial charge >= 0.3 is 5.97 Å². The average molecular weight is 365 g/mol. The first-order valence-electron chi connectivity index (χ1n) is 10.5. The van der Waals surface area contributed by atoms with Crippen molar-refractivity contribution in [2.24, 2.45) is 11.8 Å². The minimum absolute atomic E-state index is 0.0353. The summed E-state index contributed by atoms with van der Waals surface area (Å²) < 4.78 is 5.58. The van der Waals surface area contributed by atoms with Gasteiger partial charge in [0.25, 0.3) is 0 Å². The quantitative estimate of drug-likeness (QED) is 0.344. The number of cyclic esters (lactones) is 1. The summed E-state index contributed by atoms with van der Waals surface area (Å²) in [5.41, 5.74) is 0. The molecule has 4 nitrogen and oxygen atoms in total. The molecule has 0 amide bonds. The van der Waals surface area contributed by atoms with Gasteiger partial charge in [0.1, 0.15) is 6.10 Å². The molecule has 2 fully saturated rings. The van der Waals surface area contributed by atoms with Crippen LogP contribution in [0.15, 0.2) is 24.3 Å². The highest BCUT2D eigenvalue weighted by Gasteiger charge is 2.47. The molecule has 26 heavy (non-hydrogen) atoms. The summed E-state index contributed by atoms with van der Waals surface area (Å²) >= 11 is 0. The Morgan fingerprint density at radius 2 is 2.00 bits per heavy atom. The summed E-state index contributed by atoms with van der Waals surface area (Å²) in [6, 6.07) is 0. The van der Waals surface area contributed by atoms with E-state index in [1.807, 2.05) is 6.08 Å². The number of rotatable bonds is 10. The number of hydrogen-bond donors (Lipinski definition) is 2. The molecule has 4 heteroatoms. The molecular formula is C22H36O4. The number of carbonyl (C=O) groups is 1. The maximum atomic E-state index is 11.7. The maximum absolute atomic E-state index is 11.7. The number of esters is 1. The average Bonchev–Trinajstić information content (AvgIpc) is 3.39. The van der Waals surface area contributed by atoms with E-state index in [1.165, 1.54) is 19.3 Å². The van der Waals surface area contributed by atoms with E-state index < -0.39 is 12.2 Å². The van der Waals surface area contributed by atoms with Gasteiger partial charge in [0, 0.05) is 12.3 Å². The Hall–Kier alpha value is -1.13. The van der Waals surface area contributed by atoms with Crippen LogP contribution in [0.2, 0.25) is 0 Å². The lowest BCUT2D eigenvalue weighted by Crippen LogP contribution is -2.24. The number of carbonyl (C=O) groups excluding carboxylic acids is 1. The predicted octanol–water partition coefficient (Wildman–Crippen LogP) is 4.30. The Labute approximate surface area is 158 Å². The molecule has 2 aliphatic rings. The van der Waals surface area contributed by atoms with Gasteiger partial charge in [0.2, 0.25) is 0 Å². The van der Waals surface area contributed by atoms with Gasteiger partial charge in [-0.1, -0.05) is 50.5 Å². The fourth-order valence-corrected chi connectivity index (χ4v) is 3.76. The lowest BCUT2D eigenvalue weighted by molar-refractivity contribution is -0.152. The molecule has 0 radical (unpaired) electrons. The molecule has 148 valence electrons. The highest BCUT2D eigenvalue weighted by Crippen LogP contribution is 2.47. The molecule has 0 spiro atoms. The standard InChI is InChI=1S/C22H36O4/c1-2-3-4-5-6-8-11-17(23)14-15-20(24)18-16-19(18)21-12-9-7-10-13-22(25)26-21/h6,8,14-15,17-21,23-24H,2-5,7,9-13,16H2,1H3/b8-6-,15-14+/t17-,18+,19+,20+,21+/m0/s1. The van der Waals surface area contributed by atoms with Crippen LogP contribution in [0.5, 0.6) is 0 Å². The molecular weight excluding hydrogens is 328 g/mol. The van der Waals surface area contributed by atoms with Crippen LogP contribution < -0.4 is 0 Å². The number of allylic oxidation sites excluding steroid dienone is 1. The minimum atomic E-state index is -0.563. The smallest absolute Gasteiger partial charge is 0.306 e. The van der Waals surface area contributed by atoms with Crippen molar-refractivity contribution in [2.45, 2.75) is 95.9 Å². The normalized spacial score (nSPS) is 29.3. The largest absolute Gasteiger partial charge is 0.462 e. The lowest BCUT2D eigenvalue weighted by atomic mass is 10.0. The van der Waals surface area contributed by atoms with Crippen molar-refractivity contribution >= 4 is 5.97 Å². The molecule has 5 atom stereocenters. The third-order valence-electron chi connectivity index (χ3n) is 5.51. The molecule has 0 aromatic carbocycles. The molecule has 1 saturated heterocycles. The Balaban J connectivity index is 1.68. The molecule has 1 aliphatic carbocycles. The van der Waals surface area contributed by atoms with E-state index in [4.69, 9.17) is 4.74 Å². The van der Waals surface area contributed by atoms with Crippen LogP contribution in [0.1, 0.15) is 77.6 Å². The van der Waals surface area contributed by atoms with Crippen LogP contribution in [0.3, 0.4) is 0 Å². The molecule has 1 aliphatic heterocycles. The second-order valence-electron chi connectivity index (χ2n) is 7.84. The van der Waals surface area contributed by atoms with E-state index >= 15 is 0 Å². The molecule has 0 aromatic heterocycles. The first-order chi connectivity index (χ1) is 12.6. The third-order valence-corrected chi connectivity index (χ3v) is 5.51. The Morgan fingerprint density at radius 3 is 2.81 bits per heavy atom. The SMILES string of the molecule is CCCCC/C=C\C[C@H](O)/C=C/[C@@H](O)[C@@H]1C[C@H]1[C@H]1CCCCCC(=O)O1. The van der Waals surface area contributed by atoms with Crippen molar-refractivity contribution in [3.8, 4) is 0 Å². The summed E-state index contributed by atoms with van der Waals surface area (Å²) in [6.07, 6.45) is 17.2. The number of aliphatic hydroxyl groups excluding tert-OH is 2. The van der Waals surface area contributed by atoms with Gasteiger partial charge in [-0.3, -0.25) is 4.79 Å². The van der Waals surface area contributed by atoms with E-state index in [2.05, 4.69) is 13.0 Å². The van der Waals surface area contributed by atoms with Crippen molar-refractivity contribution in [3.63, 3.8) is 0 Å². The van der Waals surface area contributed by atoms with Crippen LogP contribution in [-0.4, -0.2) is 34.5 Å². The molecule has 0 aromatic rings. The fraction of sp³-hybridized carbons (Fsp3) is 0.773. The van der Waals surface area contributed by atoms with E-state index in [0.29, 0.717) is 12.8 Å². The van der Waals surface area contributed by atoms with Crippen LogP contribution in [-0.2, 0) is 9.53 Å². The zero-order valence-electron chi connectivity index (χ0n) is 16.2. The third kappa shape index (κ3) is 7.63. The number of unbranched alkanes of at least 4 members (excludes halogenated alkanes) is 3.